The van der Waals surface area contributed by atoms with Crippen molar-refractivity contribution in [1.82, 2.24) is 15.5 Å². The molecule has 0 aromatic heterocycles. The average molecular weight is 425 g/mol. The van der Waals surface area contributed by atoms with Crippen LogP contribution in [-0.2, 0) is 19.4 Å². The van der Waals surface area contributed by atoms with Crippen LogP contribution in [0.1, 0.15) is 34.0 Å². The van der Waals surface area contributed by atoms with Gasteiger partial charge in [-0.25, -0.2) is 0 Å². The zero-order chi connectivity index (χ0) is 22.2. The van der Waals surface area contributed by atoms with Gasteiger partial charge in [0.15, 0.2) is 17.5 Å². The fourth-order valence-corrected chi connectivity index (χ4v) is 3.79. The maximum Gasteiger partial charge on any atom is 0.251 e. The van der Waals surface area contributed by atoms with E-state index in [1.54, 1.807) is 21.3 Å². The molecule has 1 aliphatic rings. The van der Waals surface area contributed by atoms with Crippen LogP contribution in [0.15, 0.2) is 41.4 Å². The van der Waals surface area contributed by atoms with Gasteiger partial charge in [0.2, 0.25) is 0 Å². The monoisotopic (exact) mass is 424 g/mol. The molecule has 1 aliphatic heterocycles. The Kier molecular flexibility index (Phi) is 7.76. The van der Waals surface area contributed by atoms with Gasteiger partial charge >= 0.3 is 0 Å². The van der Waals surface area contributed by atoms with E-state index in [0.717, 1.165) is 55.5 Å². The van der Waals surface area contributed by atoms with Crippen LogP contribution in [0.4, 0.5) is 0 Å². The summed E-state index contributed by atoms with van der Waals surface area (Å²) in [6.07, 6.45) is 1.70. The number of nitrogens with one attached hydrogen (secondary N) is 2. The number of hydrogen-bond donors (Lipinski definition) is 2. The molecule has 0 unspecified atom stereocenters. The standard InChI is InChI=1S/C24H32N4O3/c1-5-26-24(27-11-9-17-7-6-8-19(13-17)23(29)25-2)28-12-10-18-14-21(30-3)22(31-4)15-20(18)16-28/h6-8,13-15H,5,9-12,16H2,1-4H3,(H,25,29)(H,26,27). The highest BCUT2D eigenvalue weighted by Gasteiger charge is 2.21. The maximum atomic E-state index is 11.9. The topological polar surface area (TPSA) is 75.2 Å². The van der Waals surface area contributed by atoms with E-state index in [-0.39, 0.29) is 5.91 Å². The third-order valence-corrected chi connectivity index (χ3v) is 5.43. The van der Waals surface area contributed by atoms with Crippen molar-refractivity contribution in [2.45, 2.75) is 26.3 Å². The van der Waals surface area contributed by atoms with Gasteiger partial charge in [0.1, 0.15) is 0 Å². The summed E-state index contributed by atoms with van der Waals surface area (Å²) in [5.74, 6) is 2.36. The van der Waals surface area contributed by atoms with Gasteiger partial charge in [-0.3, -0.25) is 9.79 Å². The van der Waals surface area contributed by atoms with Gasteiger partial charge in [0.25, 0.3) is 5.91 Å². The second-order valence-corrected chi connectivity index (χ2v) is 7.41. The minimum Gasteiger partial charge on any atom is -0.493 e. The van der Waals surface area contributed by atoms with Gasteiger partial charge in [-0.15, -0.1) is 0 Å². The van der Waals surface area contributed by atoms with E-state index < -0.39 is 0 Å². The van der Waals surface area contributed by atoms with Crippen LogP contribution in [0.25, 0.3) is 0 Å². The van der Waals surface area contributed by atoms with Crippen molar-refractivity contribution >= 4 is 11.9 Å². The molecule has 0 saturated heterocycles. The first-order valence-electron chi connectivity index (χ1n) is 10.7. The molecule has 2 aromatic carbocycles. The largest absolute Gasteiger partial charge is 0.493 e. The summed E-state index contributed by atoms with van der Waals surface area (Å²) in [7, 11) is 4.97. The molecule has 2 aromatic rings. The Labute approximate surface area is 184 Å². The summed E-state index contributed by atoms with van der Waals surface area (Å²) < 4.78 is 10.9. The smallest absolute Gasteiger partial charge is 0.251 e. The van der Waals surface area contributed by atoms with Gasteiger partial charge in [0.05, 0.1) is 14.2 Å². The number of guanidine groups is 1. The van der Waals surface area contributed by atoms with Gasteiger partial charge in [0, 0.05) is 38.8 Å². The van der Waals surface area contributed by atoms with Crippen LogP contribution in [0.3, 0.4) is 0 Å². The lowest BCUT2D eigenvalue weighted by molar-refractivity contribution is 0.0963. The SMILES string of the molecule is CCNC(=NCCc1cccc(C(=O)NC)c1)N1CCc2cc(OC)c(OC)cc2C1. The van der Waals surface area contributed by atoms with Crippen molar-refractivity contribution in [2.75, 3.05) is 40.9 Å². The van der Waals surface area contributed by atoms with Gasteiger partial charge in [-0.1, -0.05) is 12.1 Å². The zero-order valence-electron chi connectivity index (χ0n) is 18.8. The number of amides is 1. The predicted octanol–water partition coefficient (Wildman–Crippen LogP) is 2.63. The van der Waals surface area contributed by atoms with Gasteiger partial charge < -0.3 is 25.0 Å². The number of benzene rings is 2. The molecule has 0 saturated carbocycles. The molecule has 31 heavy (non-hydrogen) atoms. The zero-order valence-corrected chi connectivity index (χ0v) is 18.8. The van der Waals surface area contributed by atoms with Crippen molar-refractivity contribution in [3.63, 3.8) is 0 Å². The van der Waals surface area contributed by atoms with Crippen molar-refractivity contribution < 1.29 is 14.3 Å². The third kappa shape index (κ3) is 5.48. The number of methoxy groups -OCH3 is 2. The second kappa shape index (κ2) is 10.7. The summed E-state index contributed by atoms with van der Waals surface area (Å²) in [5, 5.41) is 6.08. The molecule has 7 heteroatoms. The normalized spacial score (nSPS) is 13.4. The van der Waals surface area contributed by atoms with Crippen LogP contribution in [0.2, 0.25) is 0 Å². The molecule has 166 valence electrons. The van der Waals surface area contributed by atoms with Gasteiger partial charge in [-0.2, -0.15) is 0 Å². The van der Waals surface area contributed by atoms with E-state index in [9.17, 15) is 4.79 Å². The third-order valence-electron chi connectivity index (χ3n) is 5.43. The number of hydrogen-bond acceptors (Lipinski definition) is 4. The van der Waals surface area contributed by atoms with E-state index in [2.05, 4.69) is 34.6 Å². The number of carbonyl (C=O) groups is 1. The van der Waals surface area contributed by atoms with E-state index in [1.165, 1.54) is 11.1 Å². The highest BCUT2D eigenvalue weighted by molar-refractivity contribution is 5.94. The first-order chi connectivity index (χ1) is 15.1. The molecule has 2 N–H and O–H groups in total. The van der Waals surface area contributed by atoms with Crippen LogP contribution in [0.5, 0.6) is 11.5 Å². The van der Waals surface area contributed by atoms with E-state index >= 15 is 0 Å². The molecule has 7 nitrogen and oxygen atoms in total. The molecule has 0 aliphatic carbocycles. The van der Waals surface area contributed by atoms with Crippen molar-refractivity contribution in [1.29, 1.82) is 0 Å². The molecule has 3 rings (SSSR count). The van der Waals surface area contributed by atoms with E-state index in [0.29, 0.717) is 12.1 Å². The van der Waals surface area contributed by atoms with Crippen LogP contribution in [0, 0.1) is 0 Å². The summed E-state index contributed by atoms with van der Waals surface area (Å²) in [6, 6.07) is 11.8. The van der Waals surface area contributed by atoms with E-state index in [1.807, 2.05) is 24.3 Å². The molecular weight excluding hydrogens is 392 g/mol. The highest BCUT2D eigenvalue weighted by atomic mass is 16.5. The molecule has 0 bridgehead atoms. The lowest BCUT2D eigenvalue weighted by Crippen LogP contribution is -2.44. The first kappa shape index (κ1) is 22.5. The van der Waals surface area contributed by atoms with Crippen LogP contribution < -0.4 is 20.1 Å². The Balaban J connectivity index is 1.71. The Bertz CT molecular complexity index is 942. The summed E-state index contributed by atoms with van der Waals surface area (Å²) in [5.41, 5.74) is 4.29. The second-order valence-electron chi connectivity index (χ2n) is 7.41. The fourth-order valence-electron chi connectivity index (χ4n) is 3.79. The fraction of sp³-hybridized carbons (Fsp3) is 0.417. The summed E-state index contributed by atoms with van der Waals surface area (Å²) in [6.45, 7) is 5.19. The van der Waals surface area contributed by atoms with Crippen LogP contribution in [-0.4, -0.2) is 57.7 Å². The lowest BCUT2D eigenvalue weighted by Gasteiger charge is -2.32. The predicted molar refractivity (Wildman–Crippen MR) is 123 cm³/mol. The molecule has 0 spiro atoms. The quantitative estimate of drug-likeness (QED) is 0.528. The molecular formula is C24H32N4O3. The van der Waals surface area contributed by atoms with E-state index in [4.69, 9.17) is 14.5 Å². The maximum absolute atomic E-state index is 11.9. The number of rotatable bonds is 7. The lowest BCUT2D eigenvalue weighted by atomic mass is 9.99. The molecule has 0 atom stereocenters. The Morgan fingerprint density at radius 2 is 1.87 bits per heavy atom. The number of carbonyl (C=O) groups excluding carboxylic acids is 1. The summed E-state index contributed by atoms with van der Waals surface area (Å²) in [4.78, 5) is 19.0. The summed E-state index contributed by atoms with van der Waals surface area (Å²) >= 11 is 0. The minimum atomic E-state index is -0.0715. The minimum absolute atomic E-state index is 0.0715. The highest BCUT2D eigenvalue weighted by Crippen LogP contribution is 2.33. The number of fused-ring (bicyclic) bond motifs is 1. The molecule has 0 radical (unpaired) electrons. The Morgan fingerprint density at radius 3 is 2.55 bits per heavy atom. The molecule has 1 amide bonds. The van der Waals surface area contributed by atoms with Crippen molar-refractivity contribution in [3.05, 3.63) is 58.7 Å². The van der Waals surface area contributed by atoms with Crippen molar-refractivity contribution in [3.8, 4) is 11.5 Å². The average Bonchev–Trinajstić information content (AvgIpc) is 2.81. The van der Waals surface area contributed by atoms with Crippen LogP contribution >= 0.6 is 0 Å². The Hall–Kier alpha value is -3.22. The Morgan fingerprint density at radius 1 is 1.13 bits per heavy atom. The van der Waals surface area contributed by atoms with Gasteiger partial charge in [-0.05, 0) is 60.7 Å². The number of nitrogens with zero attached hydrogens (tertiary/aromatic N) is 2. The molecule has 1 heterocycles. The molecule has 0 fully saturated rings. The number of aliphatic imine (C=N–C) groups is 1. The van der Waals surface area contributed by atoms with Crippen molar-refractivity contribution in [2.24, 2.45) is 4.99 Å². The first-order valence-corrected chi connectivity index (χ1v) is 10.7. The number of ether oxygens (including phenoxy) is 2.